The van der Waals surface area contributed by atoms with Crippen molar-refractivity contribution in [2.45, 2.75) is 22.8 Å². The molecule has 0 aliphatic carbocycles. The maximum Gasteiger partial charge on any atom is 0.0992 e. The largest absolute Gasteiger partial charge is 0.389 e. The molecule has 2 nitrogen and oxygen atoms in total. The van der Waals surface area contributed by atoms with E-state index in [0.29, 0.717) is 15.6 Å². The molecular weight excluding hydrogens is 313 g/mol. The van der Waals surface area contributed by atoms with Crippen molar-refractivity contribution in [1.29, 1.82) is 5.26 Å². The van der Waals surface area contributed by atoms with E-state index in [-0.39, 0.29) is 0 Å². The second-order valence-corrected chi connectivity index (χ2v) is 6.15. The number of halogens is 2. The summed E-state index contributed by atoms with van der Waals surface area (Å²) >= 11 is 13.3. The van der Waals surface area contributed by atoms with E-state index in [1.165, 1.54) is 11.8 Å². The SMILES string of the molecule is CC(O)c1ccc(C#N)cc1Sc1ccc(Cl)c(Cl)c1. The Kier molecular flexibility index (Phi) is 4.95. The van der Waals surface area contributed by atoms with Gasteiger partial charge < -0.3 is 5.11 Å². The Labute approximate surface area is 131 Å². The summed E-state index contributed by atoms with van der Waals surface area (Å²) in [5, 5.41) is 19.8. The van der Waals surface area contributed by atoms with Gasteiger partial charge in [0, 0.05) is 9.79 Å². The van der Waals surface area contributed by atoms with Crippen LogP contribution < -0.4 is 0 Å². The number of aliphatic hydroxyl groups is 1. The van der Waals surface area contributed by atoms with Gasteiger partial charge in [-0.3, -0.25) is 0 Å². The molecule has 0 bridgehead atoms. The van der Waals surface area contributed by atoms with Crippen LogP contribution in [0.1, 0.15) is 24.2 Å². The molecule has 20 heavy (non-hydrogen) atoms. The van der Waals surface area contributed by atoms with Crippen molar-refractivity contribution in [3.05, 3.63) is 57.6 Å². The molecule has 2 aromatic rings. The van der Waals surface area contributed by atoms with Crippen molar-refractivity contribution in [3.8, 4) is 6.07 Å². The van der Waals surface area contributed by atoms with Crippen LogP contribution in [0.4, 0.5) is 0 Å². The molecule has 2 aromatic carbocycles. The molecular formula is C15H11Cl2NOS. The number of benzene rings is 2. The fraction of sp³-hybridized carbons (Fsp3) is 0.133. The minimum absolute atomic E-state index is 0.478. The van der Waals surface area contributed by atoms with Crippen molar-refractivity contribution in [2.75, 3.05) is 0 Å². The first-order valence-corrected chi connectivity index (χ1v) is 7.43. The van der Waals surface area contributed by atoms with Gasteiger partial charge in [0.15, 0.2) is 0 Å². The molecule has 2 rings (SSSR count). The smallest absolute Gasteiger partial charge is 0.0992 e. The van der Waals surface area contributed by atoms with Crippen molar-refractivity contribution >= 4 is 35.0 Å². The third-order valence-corrected chi connectivity index (χ3v) is 4.51. The molecule has 1 unspecified atom stereocenters. The van der Waals surface area contributed by atoms with Crippen LogP contribution in [0.2, 0.25) is 10.0 Å². The second kappa shape index (κ2) is 6.51. The van der Waals surface area contributed by atoms with E-state index in [0.717, 1.165) is 15.4 Å². The lowest BCUT2D eigenvalue weighted by molar-refractivity contribution is 0.196. The van der Waals surface area contributed by atoms with E-state index in [2.05, 4.69) is 6.07 Å². The summed E-state index contributed by atoms with van der Waals surface area (Å²) in [5.41, 5.74) is 1.33. The first kappa shape index (κ1) is 15.2. The van der Waals surface area contributed by atoms with Crippen molar-refractivity contribution < 1.29 is 5.11 Å². The standard InChI is InChI=1S/C15H11Cl2NOS/c1-9(19)12-4-2-10(8-18)6-15(12)20-11-3-5-13(16)14(17)7-11/h2-7,9,19H,1H3. The number of nitrogens with zero attached hydrogens (tertiary/aromatic N) is 1. The van der Waals surface area contributed by atoms with Gasteiger partial charge in [0.05, 0.1) is 27.8 Å². The Bertz CT molecular complexity index is 680. The summed E-state index contributed by atoms with van der Waals surface area (Å²) in [5.74, 6) is 0. The molecule has 1 atom stereocenters. The monoisotopic (exact) mass is 323 g/mol. The van der Waals surface area contributed by atoms with Gasteiger partial charge in [-0.25, -0.2) is 0 Å². The van der Waals surface area contributed by atoms with E-state index >= 15 is 0 Å². The molecule has 102 valence electrons. The highest BCUT2D eigenvalue weighted by atomic mass is 35.5. The van der Waals surface area contributed by atoms with Gasteiger partial charge in [-0.05, 0) is 42.8 Å². The first-order valence-electron chi connectivity index (χ1n) is 5.86. The summed E-state index contributed by atoms with van der Waals surface area (Å²) in [6.45, 7) is 1.69. The van der Waals surface area contributed by atoms with Crippen LogP contribution in [0.3, 0.4) is 0 Å². The van der Waals surface area contributed by atoms with Crippen molar-refractivity contribution in [3.63, 3.8) is 0 Å². The highest BCUT2D eigenvalue weighted by Gasteiger charge is 2.11. The third kappa shape index (κ3) is 3.47. The van der Waals surface area contributed by atoms with Crippen LogP contribution in [-0.4, -0.2) is 5.11 Å². The van der Waals surface area contributed by atoms with Gasteiger partial charge in [-0.2, -0.15) is 5.26 Å². The number of nitriles is 1. The summed E-state index contributed by atoms with van der Waals surface area (Å²) in [7, 11) is 0. The minimum Gasteiger partial charge on any atom is -0.389 e. The van der Waals surface area contributed by atoms with E-state index in [1.807, 2.05) is 6.07 Å². The fourth-order valence-electron chi connectivity index (χ4n) is 1.70. The number of rotatable bonds is 3. The highest BCUT2D eigenvalue weighted by Crippen LogP contribution is 2.36. The van der Waals surface area contributed by atoms with Gasteiger partial charge in [-0.15, -0.1) is 0 Å². The highest BCUT2D eigenvalue weighted by molar-refractivity contribution is 7.99. The molecule has 5 heteroatoms. The predicted molar refractivity (Wildman–Crippen MR) is 82.4 cm³/mol. The molecule has 0 fully saturated rings. The topological polar surface area (TPSA) is 44.0 Å². The molecule has 0 spiro atoms. The summed E-state index contributed by atoms with van der Waals surface area (Å²) in [6, 6.07) is 12.7. The van der Waals surface area contributed by atoms with Gasteiger partial charge >= 0.3 is 0 Å². The lowest BCUT2D eigenvalue weighted by atomic mass is 10.1. The van der Waals surface area contributed by atoms with Crippen molar-refractivity contribution in [2.24, 2.45) is 0 Å². The van der Waals surface area contributed by atoms with Crippen LogP contribution in [-0.2, 0) is 0 Å². The van der Waals surface area contributed by atoms with E-state index in [9.17, 15) is 5.11 Å². The van der Waals surface area contributed by atoms with Crippen LogP contribution in [0.25, 0.3) is 0 Å². The van der Waals surface area contributed by atoms with E-state index in [4.69, 9.17) is 28.5 Å². The van der Waals surface area contributed by atoms with Crippen LogP contribution in [0.15, 0.2) is 46.2 Å². The molecule has 1 N–H and O–H groups in total. The first-order chi connectivity index (χ1) is 9.51. The number of hydrogen-bond donors (Lipinski definition) is 1. The van der Waals surface area contributed by atoms with Gasteiger partial charge in [0.25, 0.3) is 0 Å². The maximum atomic E-state index is 9.80. The molecule has 0 aliphatic heterocycles. The van der Waals surface area contributed by atoms with Gasteiger partial charge in [-0.1, -0.05) is 41.0 Å². The molecule has 0 saturated carbocycles. The maximum absolute atomic E-state index is 9.80. The Balaban J connectivity index is 2.40. The van der Waals surface area contributed by atoms with E-state index < -0.39 is 6.10 Å². The van der Waals surface area contributed by atoms with E-state index in [1.54, 1.807) is 37.3 Å². The average Bonchev–Trinajstić information content (AvgIpc) is 2.42. The molecule has 0 heterocycles. The van der Waals surface area contributed by atoms with Crippen molar-refractivity contribution in [1.82, 2.24) is 0 Å². The predicted octanol–water partition coefficient (Wildman–Crippen LogP) is 5.07. The molecule has 0 radical (unpaired) electrons. The Morgan fingerprint density at radius 2 is 1.90 bits per heavy atom. The summed E-state index contributed by atoms with van der Waals surface area (Å²) < 4.78 is 0. The lowest BCUT2D eigenvalue weighted by Crippen LogP contribution is -1.94. The number of hydrogen-bond acceptors (Lipinski definition) is 3. The zero-order valence-corrected chi connectivity index (χ0v) is 12.9. The molecule has 0 aliphatic rings. The van der Waals surface area contributed by atoms with Gasteiger partial charge in [0.2, 0.25) is 0 Å². The molecule has 0 saturated heterocycles. The summed E-state index contributed by atoms with van der Waals surface area (Å²) in [6.07, 6.45) is -0.604. The average molecular weight is 324 g/mol. The third-order valence-electron chi connectivity index (χ3n) is 2.71. The number of aliphatic hydroxyl groups excluding tert-OH is 1. The Morgan fingerprint density at radius 3 is 2.50 bits per heavy atom. The quantitative estimate of drug-likeness (QED) is 0.857. The molecule has 0 amide bonds. The zero-order chi connectivity index (χ0) is 14.7. The fourth-order valence-corrected chi connectivity index (χ4v) is 3.18. The second-order valence-electron chi connectivity index (χ2n) is 4.22. The van der Waals surface area contributed by atoms with Crippen LogP contribution in [0.5, 0.6) is 0 Å². The normalized spacial score (nSPS) is 11.9. The minimum atomic E-state index is -0.604. The molecule has 0 aromatic heterocycles. The lowest BCUT2D eigenvalue weighted by Gasteiger charge is -2.12. The van der Waals surface area contributed by atoms with Crippen LogP contribution >= 0.6 is 35.0 Å². The van der Waals surface area contributed by atoms with Crippen LogP contribution in [0, 0.1) is 11.3 Å². The Hall–Kier alpha value is -1.18. The Morgan fingerprint density at radius 1 is 1.15 bits per heavy atom. The van der Waals surface area contributed by atoms with Gasteiger partial charge in [0.1, 0.15) is 0 Å². The zero-order valence-electron chi connectivity index (χ0n) is 10.6. The summed E-state index contributed by atoms with van der Waals surface area (Å²) in [4.78, 5) is 1.73.